The van der Waals surface area contributed by atoms with Crippen LogP contribution >= 0.6 is 11.6 Å². The van der Waals surface area contributed by atoms with Crippen LogP contribution in [-0.4, -0.2) is 24.2 Å². The minimum absolute atomic E-state index is 0.140. The molecule has 1 fully saturated rings. The van der Waals surface area contributed by atoms with Gasteiger partial charge in [0.2, 0.25) is 0 Å². The Morgan fingerprint density at radius 2 is 2.05 bits per heavy atom. The van der Waals surface area contributed by atoms with E-state index in [0.29, 0.717) is 11.8 Å². The van der Waals surface area contributed by atoms with Gasteiger partial charge in [0.1, 0.15) is 17.5 Å². The normalized spacial score (nSPS) is 15.7. The second-order valence-electron chi connectivity index (χ2n) is 5.45. The molecule has 21 heavy (non-hydrogen) atoms. The van der Waals surface area contributed by atoms with Crippen molar-refractivity contribution in [3.63, 3.8) is 0 Å². The first kappa shape index (κ1) is 14.2. The number of pyridine rings is 1. The summed E-state index contributed by atoms with van der Waals surface area (Å²) in [7, 11) is 1.97. The summed E-state index contributed by atoms with van der Waals surface area (Å²) in [6.45, 7) is 0.647. The second-order valence-corrected chi connectivity index (χ2v) is 5.81. The molecule has 0 unspecified atom stereocenters. The molecular weight excluding hydrogens is 286 g/mol. The van der Waals surface area contributed by atoms with Crippen LogP contribution < -0.4 is 15.8 Å². The molecule has 0 radical (unpaired) electrons. The summed E-state index contributed by atoms with van der Waals surface area (Å²) in [6.07, 6.45) is 3.96. The minimum atomic E-state index is 0.140. The van der Waals surface area contributed by atoms with Gasteiger partial charge in [0.25, 0.3) is 0 Å². The summed E-state index contributed by atoms with van der Waals surface area (Å²) in [4.78, 5) is 4.21. The van der Waals surface area contributed by atoms with Crippen LogP contribution in [0.5, 0.6) is 5.75 Å². The molecule has 3 rings (SSSR count). The molecule has 1 aromatic heterocycles. The van der Waals surface area contributed by atoms with Crippen molar-refractivity contribution in [2.45, 2.75) is 18.4 Å². The highest BCUT2D eigenvalue weighted by Crippen LogP contribution is 2.36. The van der Waals surface area contributed by atoms with Gasteiger partial charge in [-0.25, -0.2) is 4.98 Å². The van der Waals surface area contributed by atoms with Gasteiger partial charge in [0.15, 0.2) is 0 Å². The van der Waals surface area contributed by atoms with Crippen molar-refractivity contribution in [3.05, 3.63) is 41.7 Å². The Morgan fingerprint density at radius 1 is 1.33 bits per heavy atom. The van der Waals surface area contributed by atoms with Crippen molar-refractivity contribution in [2.24, 2.45) is 0 Å². The zero-order valence-corrected chi connectivity index (χ0v) is 12.7. The first-order valence-corrected chi connectivity index (χ1v) is 7.33. The molecule has 0 saturated heterocycles. The molecule has 0 bridgehead atoms. The SMILES string of the molecule is CNC1(COc2cnc(Cl)c(-c3ccc(N)cc3)c2)CC1. The van der Waals surface area contributed by atoms with Gasteiger partial charge in [-0.05, 0) is 43.7 Å². The van der Waals surface area contributed by atoms with Gasteiger partial charge in [-0.3, -0.25) is 0 Å². The van der Waals surface area contributed by atoms with Crippen LogP contribution in [0.1, 0.15) is 12.8 Å². The summed E-state index contributed by atoms with van der Waals surface area (Å²) in [5.41, 5.74) is 8.40. The average Bonchev–Trinajstić information content (AvgIpc) is 3.28. The van der Waals surface area contributed by atoms with Gasteiger partial charge in [0.05, 0.1) is 11.7 Å². The lowest BCUT2D eigenvalue weighted by Gasteiger charge is -2.15. The molecule has 1 aliphatic rings. The summed E-state index contributed by atoms with van der Waals surface area (Å²) in [5.74, 6) is 0.729. The highest BCUT2D eigenvalue weighted by Gasteiger charge is 2.41. The third-order valence-corrected chi connectivity index (χ3v) is 4.24. The first-order chi connectivity index (χ1) is 10.1. The molecule has 1 aromatic carbocycles. The summed E-state index contributed by atoms with van der Waals surface area (Å²) in [6, 6.07) is 9.47. The maximum absolute atomic E-state index is 6.19. The van der Waals surface area contributed by atoms with E-state index in [0.717, 1.165) is 35.4 Å². The van der Waals surface area contributed by atoms with Crippen LogP contribution in [0.3, 0.4) is 0 Å². The fourth-order valence-corrected chi connectivity index (χ4v) is 2.42. The van der Waals surface area contributed by atoms with Gasteiger partial charge in [-0.15, -0.1) is 0 Å². The zero-order valence-electron chi connectivity index (χ0n) is 11.9. The number of aromatic nitrogens is 1. The summed E-state index contributed by atoms with van der Waals surface area (Å²) < 4.78 is 5.86. The molecule has 5 heteroatoms. The van der Waals surface area contributed by atoms with E-state index in [1.54, 1.807) is 6.20 Å². The Morgan fingerprint density at radius 3 is 2.67 bits per heavy atom. The Balaban J connectivity index is 1.81. The fourth-order valence-electron chi connectivity index (χ4n) is 2.21. The molecule has 110 valence electrons. The highest BCUT2D eigenvalue weighted by atomic mass is 35.5. The lowest BCUT2D eigenvalue weighted by atomic mass is 10.1. The van der Waals surface area contributed by atoms with Gasteiger partial charge < -0.3 is 15.8 Å². The number of anilines is 1. The summed E-state index contributed by atoms with van der Waals surface area (Å²) in [5, 5.41) is 3.76. The van der Waals surface area contributed by atoms with Crippen molar-refractivity contribution in [3.8, 4) is 16.9 Å². The molecule has 0 amide bonds. The molecule has 1 heterocycles. The number of likely N-dealkylation sites (N-methyl/N-ethyl adjacent to an activating group) is 1. The number of halogens is 1. The van der Waals surface area contributed by atoms with E-state index in [2.05, 4.69) is 10.3 Å². The Bertz CT molecular complexity index is 638. The number of hydrogen-bond donors (Lipinski definition) is 2. The van der Waals surface area contributed by atoms with Crippen molar-refractivity contribution in [1.29, 1.82) is 0 Å². The van der Waals surface area contributed by atoms with Crippen molar-refractivity contribution < 1.29 is 4.74 Å². The minimum Gasteiger partial charge on any atom is -0.490 e. The van der Waals surface area contributed by atoms with Crippen molar-refractivity contribution in [2.75, 3.05) is 19.4 Å². The van der Waals surface area contributed by atoms with Crippen LogP contribution in [0.2, 0.25) is 5.15 Å². The van der Waals surface area contributed by atoms with Crippen LogP contribution in [0.15, 0.2) is 36.5 Å². The van der Waals surface area contributed by atoms with Crippen molar-refractivity contribution >= 4 is 17.3 Å². The fraction of sp³-hybridized carbons (Fsp3) is 0.312. The van der Waals surface area contributed by atoms with Crippen LogP contribution in [-0.2, 0) is 0 Å². The average molecular weight is 304 g/mol. The Kier molecular flexibility index (Phi) is 3.74. The van der Waals surface area contributed by atoms with E-state index in [4.69, 9.17) is 22.1 Å². The number of rotatable bonds is 5. The predicted molar refractivity (Wildman–Crippen MR) is 85.6 cm³/mol. The maximum Gasteiger partial charge on any atom is 0.138 e. The van der Waals surface area contributed by atoms with E-state index in [-0.39, 0.29) is 5.54 Å². The number of nitrogens with one attached hydrogen (secondary N) is 1. The molecule has 0 aliphatic heterocycles. The van der Waals surface area contributed by atoms with E-state index in [9.17, 15) is 0 Å². The van der Waals surface area contributed by atoms with Gasteiger partial charge in [-0.2, -0.15) is 0 Å². The van der Waals surface area contributed by atoms with Crippen molar-refractivity contribution in [1.82, 2.24) is 10.3 Å². The second kappa shape index (κ2) is 5.54. The lowest BCUT2D eigenvalue weighted by molar-refractivity contribution is 0.259. The molecule has 1 saturated carbocycles. The van der Waals surface area contributed by atoms with E-state index in [1.807, 2.05) is 37.4 Å². The Hall–Kier alpha value is -1.78. The van der Waals surface area contributed by atoms with E-state index < -0.39 is 0 Å². The standard InChI is InChI=1S/C16H18ClN3O/c1-19-16(6-7-16)10-21-13-8-14(15(17)20-9-13)11-2-4-12(18)5-3-11/h2-5,8-9,19H,6-7,10,18H2,1H3. The number of benzene rings is 1. The molecule has 2 aromatic rings. The molecule has 0 atom stereocenters. The number of hydrogen-bond acceptors (Lipinski definition) is 4. The van der Waals surface area contributed by atoms with E-state index >= 15 is 0 Å². The Labute approximate surface area is 129 Å². The molecule has 4 nitrogen and oxygen atoms in total. The maximum atomic E-state index is 6.19. The topological polar surface area (TPSA) is 60.2 Å². The smallest absolute Gasteiger partial charge is 0.138 e. The van der Waals surface area contributed by atoms with Gasteiger partial charge >= 0.3 is 0 Å². The van der Waals surface area contributed by atoms with Crippen LogP contribution in [0, 0.1) is 0 Å². The lowest BCUT2D eigenvalue weighted by Crippen LogP contribution is -2.33. The quantitative estimate of drug-likeness (QED) is 0.658. The third kappa shape index (κ3) is 3.12. The van der Waals surface area contributed by atoms with Crippen LogP contribution in [0.25, 0.3) is 11.1 Å². The summed E-state index contributed by atoms with van der Waals surface area (Å²) >= 11 is 6.19. The molecule has 0 spiro atoms. The van der Waals surface area contributed by atoms with Gasteiger partial charge in [0, 0.05) is 11.3 Å². The largest absolute Gasteiger partial charge is 0.490 e. The monoisotopic (exact) mass is 303 g/mol. The number of nitrogen functional groups attached to an aromatic ring is 1. The molecule has 1 aliphatic carbocycles. The molecule has 3 N–H and O–H groups in total. The number of nitrogens with zero attached hydrogens (tertiary/aromatic N) is 1. The number of nitrogens with two attached hydrogens (primary N) is 1. The van der Waals surface area contributed by atoms with Crippen LogP contribution in [0.4, 0.5) is 5.69 Å². The first-order valence-electron chi connectivity index (χ1n) is 6.95. The van der Waals surface area contributed by atoms with E-state index in [1.165, 1.54) is 0 Å². The predicted octanol–water partition coefficient (Wildman–Crippen LogP) is 3.12. The molecular formula is C16H18ClN3O. The highest BCUT2D eigenvalue weighted by molar-refractivity contribution is 6.32. The number of ether oxygens (including phenoxy) is 1. The third-order valence-electron chi connectivity index (χ3n) is 3.93. The van der Waals surface area contributed by atoms with Gasteiger partial charge in [-0.1, -0.05) is 23.7 Å². The zero-order chi connectivity index (χ0) is 14.9.